The summed E-state index contributed by atoms with van der Waals surface area (Å²) in [5, 5.41) is 10.3. The van der Waals surface area contributed by atoms with Gasteiger partial charge >= 0.3 is 0 Å². The second-order valence-corrected chi connectivity index (χ2v) is 10.3. The molecular formula is C24H22IN3O6S. The number of nitro groups is 1. The zero-order valence-electron chi connectivity index (χ0n) is 18.6. The number of likely N-dealkylation sites (tertiary alicyclic amines) is 1. The van der Waals surface area contributed by atoms with E-state index in [9.17, 15) is 24.5 Å². The SMILES string of the molecule is O=C(CN1C(=O)S/C(=C\c2ccc(OCc3ccc([N+](=O)[O-])cc3)c(I)c2)C1=O)N1CCCCC1. The summed E-state index contributed by atoms with van der Waals surface area (Å²) in [6.07, 6.45) is 4.62. The maximum atomic E-state index is 12.8. The predicted molar refractivity (Wildman–Crippen MR) is 140 cm³/mol. The number of carbonyl (C=O) groups excluding carboxylic acids is 3. The lowest BCUT2D eigenvalue weighted by atomic mass is 10.1. The first-order chi connectivity index (χ1) is 16.8. The van der Waals surface area contributed by atoms with Crippen LogP contribution < -0.4 is 4.74 Å². The third-order valence-corrected chi connectivity index (χ3v) is 7.42. The van der Waals surface area contributed by atoms with Crippen molar-refractivity contribution < 1.29 is 24.0 Å². The summed E-state index contributed by atoms with van der Waals surface area (Å²) in [5.74, 6) is -0.0301. The Balaban J connectivity index is 1.38. The van der Waals surface area contributed by atoms with Crippen molar-refractivity contribution in [3.05, 3.63) is 72.2 Å². The van der Waals surface area contributed by atoms with Gasteiger partial charge in [0, 0.05) is 25.2 Å². The molecule has 0 unspecified atom stereocenters. The molecular weight excluding hydrogens is 585 g/mol. The molecule has 4 rings (SSSR count). The second-order valence-electron chi connectivity index (χ2n) is 8.11. The standard InChI is InChI=1S/C24H22IN3O6S/c25-19-12-17(6-9-20(19)34-15-16-4-7-18(8-5-16)28(32)33)13-21-23(30)27(24(31)35-21)14-22(29)26-10-2-1-3-11-26/h4-9,12-13H,1-3,10-11,14-15H2/b21-13-. The van der Waals surface area contributed by atoms with Crippen molar-refractivity contribution in [1.82, 2.24) is 9.80 Å². The summed E-state index contributed by atoms with van der Waals surface area (Å²) in [4.78, 5) is 51.0. The monoisotopic (exact) mass is 607 g/mol. The number of thioether (sulfide) groups is 1. The molecule has 11 heteroatoms. The number of piperidine rings is 1. The van der Waals surface area contributed by atoms with Gasteiger partial charge in [0.05, 0.1) is 13.4 Å². The molecule has 2 aromatic carbocycles. The van der Waals surface area contributed by atoms with Crippen molar-refractivity contribution in [1.29, 1.82) is 0 Å². The molecule has 2 aliphatic heterocycles. The van der Waals surface area contributed by atoms with E-state index in [2.05, 4.69) is 22.6 Å². The topological polar surface area (TPSA) is 110 Å². The number of halogens is 1. The summed E-state index contributed by atoms with van der Waals surface area (Å²) in [6.45, 7) is 1.36. The summed E-state index contributed by atoms with van der Waals surface area (Å²) in [7, 11) is 0. The van der Waals surface area contributed by atoms with Crippen molar-refractivity contribution in [2.45, 2.75) is 25.9 Å². The number of non-ortho nitro benzene ring substituents is 1. The van der Waals surface area contributed by atoms with Gasteiger partial charge in [-0.15, -0.1) is 0 Å². The van der Waals surface area contributed by atoms with Crippen molar-refractivity contribution in [3.63, 3.8) is 0 Å². The molecule has 2 aromatic rings. The fourth-order valence-corrected chi connectivity index (χ4v) is 5.30. The lowest BCUT2D eigenvalue weighted by Gasteiger charge is -2.27. The number of amides is 3. The minimum Gasteiger partial charge on any atom is -0.488 e. The van der Waals surface area contributed by atoms with Gasteiger partial charge < -0.3 is 9.64 Å². The van der Waals surface area contributed by atoms with Gasteiger partial charge in [-0.05, 0) is 95.1 Å². The Bertz CT molecular complexity index is 1190. The van der Waals surface area contributed by atoms with Crippen molar-refractivity contribution in [2.75, 3.05) is 19.6 Å². The molecule has 35 heavy (non-hydrogen) atoms. The third kappa shape index (κ3) is 6.20. The Morgan fingerprint density at radius 2 is 1.83 bits per heavy atom. The molecule has 0 aromatic heterocycles. The van der Waals surface area contributed by atoms with Gasteiger partial charge in [-0.2, -0.15) is 0 Å². The van der Waals surface area contributed by atoms with Crippen LogP contribution in [0.5, 0.6) is 5.75 Å². The number of hydrogen-bond acceptors (Lipinski definition) is 7. The molecule has 2 fully saturated rings. The summed E-state index contributed by atoms with van der Waals surface area (Å²) >= 11 is 2.95. The molecule has 0 saturated carbocycles. The molecule has 2 saturated heterocycles. The van der Waals surface area contributed by atoms with Gasteiger partial charge in [-0.3, -0.25) is 29.4 Å². The second kappa shape index (κ2) is 11.2. The zero-order valence-corrected chi connectivity index (χ0v) is 21.6. The molecule has 0 bridgehead atoms. The van der Waals surface area contributed by atoms with Crippen LogP contribution in [0.15, 0.2) is 47.4 Å². The van der Waals surface area contributed by atoms with E-state index in [0.29, 0.717) is 18.8 Å². The van der Waals surface area contributed by atoms with Gasteiger partial charge in [-0.1, -0.05) is 6.07 Å². The first-order valence-corrected chi connectivity index (χ1v) is 12.9. The highest BCUT2D eigenvalue weighted by atomic mass is 127. The highest BCUT2D eigenvalue weighted by Crippen LogP contribution is 2.33. The minimum atomic E-state index is -0.459. The maximum Gasteiger partial charge on any atom is 0.294 e. The van der Waals surface area contributed by atoms with Crippen molar-refractivity contribution >= 4 is 63.2 Å². The minimum absolute atomic E-state index is 0.0213. The quantitative estimate of drug-likeness (QED) is 0.192. The number of imide groups is 1. The Morgan fingerprint density at radius 3 is 2.49 bits per heavy atom. The Morgan fingerprint density at radius 1 is 1.11 bits per heavy atom. The zero-order chi connectivity index (χ0) is 24.9. The molecule has 2 aliphatic rings. The van der Waals surface area contributed by atoms with Crippen LogP contribution in [0.1, 0.15) is 30.4 Å². The van der Waals surface area contributed by atoms with E-state index in [0.717, 1.165) is 50.6 Å². The van der Waals surface area contributed by atoms with Crippen molar-refractivity contribution in [3.8, 4) is 5.75 Å². The number of carbonyl (C=O) groups is 3. The highest BCUT2D eigenvalue weighted by molar-refractivity contribution is 14.1. The Labute approximate surface area is 219 Å². The smallest absolute Gasteiger partial charge is 0.294 e. The average molecular weight is 607 g/mol. The van der Waals surface area contributed by atoms with Crippen LogP contribution in [0.3, 0.4) is 0 Å². The molecule has 0 aliphatic carbocycles. The summed E-state index contributed by atoms with van der Waals surface area (Å²) in [5.41, 5.74) is 1.54. The van der Waals surface area contributed by atoms with Gasteiger partial charge in [0.2, 0.25) is 5.91 Å². The fraction of sp³-hybridized carbons (Fsp3) is 0.292. The van der Waals surface area contributed by atoms with Crippen LogP contribution in [0.4, 0.5) is 10.5 Å². The average Bonchev–Trinajstić information content (AvgIpc) is 3.11. The Kier molecular flexibility index (Phi) is 8.06. The van der Waals surface area contributed by atoms with Gasteiger partial charge in [-0.25, -0.2) is 0 Å². The van der Waals surface area contributed by atoms with E-state index in [1.165, 1.54) is 12.1 Å². The van der Waals surface area contributed by atoms with E-state index < -0.39 is 16.1 Å². The predicted octanol–water partition coefficient (Wildman–Crippen LogP) is 4.83. The maximum absolute atomic E-state index is 12.8. The first kappa shape index (κ1) is 25.2. The van der Waals surface area contributed by atoms with E-state index in [1.807, 2.05) is 6.07 Å². The first-order valence-electron chi connectivity index (χ1n) is 11.0. The summed E-state index contributed by atoms with van der Waals surface area (Å²) in [6, 6.07) is 11.5. The molecule has 0 radical (unpaired) electrons. The van der Waals surface area contributed by atoms with E-state index in [1.54, 1.807) is 35.2 Å². The molecule has 3 amide bonds. The third-order valence-electron chi connectivity index (χ3n) is 5.67. The number of ether oxygens (including phenoxy) is 1. The molecule has 9 nitrogen and oxygen atoms in total. The largest absolute Gasteiger partial charge is 0.488 e. The number of nitrogens with zero attached hydrogens (tertiary/aromatic N) is 3. The molecule has 0 spiro atoms. The van der Waals surface area contributed by atoms with Crippen LogP contribution in [-0.2, 0) is 16.2 Å². The Hall–Kier alpha value is -2.93. The number of benzene rings is 2. The van der Waals surface area contributed by atoms with Crippen LogP contribution >= 0.6 is 34.4 Å². The summed E-state index contributed by atoms with van der Waals surface area (Å²) < 4.78 is 6.63. The molecule has 0 atom stereocenters. The van der Waals surface area contributed by atoms with Crippen LogP contribution in [-0.4, -0.2) is 51.4 Å². The normalized spacial score (nSPS) is 17.2. The van der Waals surface area contributed by atoms with Crippen molar-refractivity contribution in [2.24, 2.45) is 0 Å². The number of hydrogen-bond donors (Lipinski definition) is 0. The van der Waals surface area contributed by atoms with Crippen LogP contribution in [0, 0.1) is 13.7 Å². The number of rotatable bonds is 7. The van der Waals surface area contributed by atoms with Gasteiger partial charge in [0.15, 0.2) is 0 Å². The van der Waals surface area contributed by atoms with E-state index in [-0.39, 0.29) is 29.7 Å². The van der Waals surface area contributed by atoms with Gasteiger partial charge in [0.1, 0.15) is 18.9 Å². The van der Waals surface area contributed by atoms with Crippen LogP contribution in [0.25, 0.3) is 6.08 Å². The van der Waals surface area contributed by atoms with Crippen LogP contribution in [0.2, 0.25) is 0 Å². The van der Waals surface area contributed by atoms with E-state index >= 15 is 0 Å². The lowest BCUT2D eigenvalue weighted by molar-refractivity contribution is -0.384. The fourth-order valence-electron chi connectivity index (χ4n) is 3.77. The lowest BCUT2D eigenvalue weighted by Crippen LogP contribution is -2.44. The number of nitro benzene ring substituents is 1. The molecule has 2 heterocycles. The molecule has 0 N–H and O–H groups in total. The molecule has 182 valence electrons. The highest BCUT2D eigenvalue weighted by Gasteiger charge is 2.37. The van der Waals surface area contributed by atoms with E-state index in [4.69, 9.17) is 4.74 Å². The van der Waals surface area contributed by atoms with Gasteiger partial charge in [0.25, 0.3) is 16.8 Å².